The van der Waals surface area contributed by atoms with Crippen molar-refractivity contribution in [1.29, 1.82) is 0 Å². The third kappa shape index (κ3) is 5.70. The molecule has 0 aromatic carbocycles. The van der Waals surface area contributed by atoms with Crippen molar-refractivity contribution in [2.45, 2.75) is 197 Å². The van der Waals surface area contributed by atoms with Crippen molar-refractivity contribution in [1.82, 2.24) is 0 Å². The number of rotatable bonds is 7. The second kappa shape index (κ2) is 13.2. The van der Waals surface area contributed by atoms with Crippen LogP contribution in [0.1, 0.15) is 106 Å². The Hall–Kier alpha value is -0.560. The lowest BCUT2D eigenvalue weighted by molar-refractivity contribution is -0.339. The molecule has 14 nitrogen and oxygen atoms in total. The lowest BCUT2D eigenvalue weighted by atomic mass is 9.41. The number of aliphatic hydroxyl groups is 9. The van der Waals surface area contributed by atoms with Crippen LogP contribution >= 0.6 is 0 Å². The van der Waals surface area contributed by atoms with Gasteiger partial charge in [0.15, 0.2) is 12.6 Å². The van der Waals surface area contributed by atoms with E-state index in [1.807, 2.05) is 0 Å². The second-order valence-corrected chi connectivity index (χ2v) is 21.1. The highest BCUT2D eigenvalue weighted by atomic mass is 16.7. The highest BCUT2D eigenvalue weighted by Crippen LogP contribution is 2.89. The maximum atomic E-state index is 12.2. The first-order valence-corrected chi connectivity index (χ1v) is 20.9. The molecule has 3 heterocycles. The number of fused-ring (bicyclic) bond motifs is 2. The average molecular weight is 785 g/mol. The first-order valence-electron chi connectivity index (χ1n) is 20.9. The summed E-state index contributed by atoms with van der Waals surface area (Å²) in [6, 6.07) is 0. The van der Waals surface area contributed by atoms with Crippen molar-refractivity contribution in [3.05, 3.63) is 0 Å². The summed E-state index contributed by atoms with van der Waals surface area (Å²) in [5.41, 5.74) is -3.16. The lowest BCUT2D eigenvalue weighted by Gasteiger charge is -2.65. The molecule has 0 bridgehead atoms. The van der Waals surface area contributed by atoms with Crippen molar-refractivity contribution in [3.63, 3.8) is 0 Å². The Morgan fingerprint density at radius 2 is 1.40 bits per heavy atom. The van der Waals surface area contributed by atoms with E-state index in [0.717, 1.165) is 32.1 Å². The van der Waals surface area contributed by atoms with Gasteiger partial charge in [-0.3, -0.25) is 0 Å². The third-order valence-electron chi connectivity index (χ3n) is 17.6. The van der Waals surface area contributed by atoms with Crippen LogP contribution in [0.5, 0.6) is 0 Å². The van der Waals surface area contributed by atoms with Crippen molar-refractivity contribution in [3.8, 4) is 0 Å². The summed E-state index contributed by atoms with van der Waals surface area (Å²) in [4.78, 5) is 0. The van der Waals surface area contributed by atoms with E-state index in [0.29, 0.717) is 25.7 Å². The summed E-state index contributed by atoms with van der Waals surface area (Å²) >= 11 is 0. The monoisotopic (exact) mass is 784 g/mol. The Kier molecular flexibility index (Phi) is 9.90. The van der Waals surface area contributed by atoms with E-state index >= 15 is 0 Å². The Bertz CT molecular complexity index is 1460. The molecule has 21 atom stereocenters. The van der Waals surface area contributed by atoms with Crippen LogP contribution in [0.3, 0.4) is 0 Å². The van der Waals surface area contributed by atoms with Crippen LogP contribution < -0.4 is 0 Å². The molecule has 8 fully saturated rings. The third-order valence-corrected chi connectivity index (χ3v) is 17.6. The summed E-state index contributed by atoms with van der Waals surface area (Å²) in [7, 11) is 0. The van der Waals surface area contributed by atoms with E-state index in [9.17, 15) is 46.0 Å². The SMILES string of the molecule is CC(C)(O)[C@@H]1CC[C@](C)([C@H]2[C@@H](O)C[C@@]3(C)[C@@H]4C[C@H](O[C@@H]5O[C@H](CO)C(O)[C@H](O)C5O)[C@H]5C(C)(C)[C@@H](O[C@@H]6OC[C@@H](O)[C@H](O)[C@H]6O)CC[C@@]56C[C@@]46CC[C@@]23C)O1. The zero-order chi connectivity index (χ0) is 40.1. The van der Waals surface area contributed by atoms with Crippen molar-refractivity contribution in [2.24, 2.45) is 44.8 Å². The molecule has 0 radical (unpaired) electrons. The molecule has 55 heavy (non-hydrogen) atoms. The standard InChI is InChI=1S/C41H68O14/c1-35(2)24(54-33-29(48)26(45)20(44)17-51-33)9-11-41-18-40(41)13-12-37(5)31(39(7)10-8-25(55-39)36(3,4)50)19(43)15-38(37,6)23(40)14-21(32(35)41)52-34-30(49)28(47)27(46)22(16-42)53-34/h19-34,42-50H,8-18H2,1-7H3/t19-,20+,21-,22+,23-,24-,25-,26-,27?,28-,29+,30?,31-,32-,33-,34+,37-,38-,39+,40-,41+/m0/s1. The largest absolute Gasteiger partial charge is 0.394 e. The Labute approximate surface area is 324 Å². The minimum absolute atomic E-state index is 0.0633. The van der Waals surface area contributed by atoms with E-state index in [1.165, 1.54) is 0 Å². The van der Waals surface area contributed by atoms with Crippen molar-refractivity contribution in [2.75, 3.05) is 13.2 Å². The molecule has 0 aromatic heterocycles. The molecular weight excluding hydrogens is 716 g/mol. The molecule has 0 amide bonds. The molecule has 5 aliphatic carbocycles. The Balaban J connectivity index is 1.15. The predicted octanol–water partition coefficient (Wildman–Crippen LogP) is 0.724. The molecule has 3 saturated heterocycles. The minimum Gasteiger partial charge on any atom is -0.394 e. The summed E-state index contributed by atoms with van der Waals surface area (Å²) < 4.78 is 31.9. The van der Waals surface area contributed by atoms with Gasteiger partial charge in [0.1, 0.15) is 42.7 Å². The first-order chi connectivity index (χ1) is 25.5. The molecule has 316 valence electrons. The van der Waals surface area contributed by atoms with Crippen LogP contribution in [0.4, 0.5) is 0 Å². The fraction of sp³-hybridized carbons (Fsp3) is 1.00. The van der Waals surface area contributed by atoms with Gasteiger partial charge in [0.25, 0.3) is 0 Å². The molecule has 9 N–H and O–H groups in total. The van der Waals surface area contributed by atoms with Gasteiger partial charge in [-0.25, -0.2) is 0 Å². The molecule has 2 unspecified atom stereocenters. The molecule has 2 spiro atoms. The number of aliphatic hydroxyl groups excluding tert-OH is 8. The number of hydrogen-bond acceptors (Lipinski definition) is 14. The average Bonchev–Trinajstić information content (AvgIpc) is 3.47. The summed E-state index contributed by atoms with van der Waals surface area (Å²) in [6.45, 7) is 13.8. The molecule has 0 aromatic rings. The van der Waals surface area contributed by atoms with Gasteiger partial charge < -0.3 is 69.6 Å². The zero-order valence-electron chi connectivity index (χ0n) is 33.6. The van der Waals surface area contributed by atoms with Gasteiger partial charge in [-0.2, -0.15) is 0 Å². The van der Waals surface area contributed by atoms with Crippen LogP contribution in [-0.4, -0.2) is 150 Å². The molecule has 8 rings (SSSR count). The smallest absolute Gasteiger partial charge is 0.186 e. The number of ether oxygens (including phenoxy) is 5. The number of hydrogen-bond donors (Lipinski definition) is 9. The first kappa shape index (κ1) is 41.2. The van der Waals surface area contributed by atoms with Gasteiger partial charge in [-0.05, 0) is 117 Å². The Morgan fingerprint density at radius 1 is 0.709 bits per heavy atom. The quantitative estimate of drug-likeness (QED) is 0.162. The minimum atomic E-state index is -1.60. The molecule has 5 saturated carbocycles. The maximum Gasteiger partial charge on any atom is 0.186 e. The van der Waals surface area contributed by atoms with Crippen LogP contribution in [0.25, 0.3) is 0 Å². The molecule has 8 aliphatic rings. The summed E-state index contributed by atoms with van der Waals surface area (Å²) in [5.74, 6) is -0.215. The highest BCUT2D eigenvalue weighted by molar-refractivity contribution is 5.33. The normalized spacial score (nSPS) is 58.7. The van der Waals surface area contributed by atoms with Gasteiger partial charge >= 0.3 is 0 Å². The van der Waals surface area contributed by atoms with Gasteiger partial charge in [-0.15, -0.1) is 0 Å². The lowest BCUT2D eigenvalue weighted by Crippen LogP contribution is -2.65. The van der Waals surface area contributed by atoms with E-state index in [1.54, 1.807) is 13.8 Å². The predicted molar refractivity (Wildman–Crippen MR) is 194 cm³/mol. The highest BCUT2D eigenvalue weighted by Gasteiger charge is 2.85. The maximum absolute atomic E-state index is 12.2. The van der Waals surface area contributed by atoms with Crippen LogP contribution in [0.15, 0.2) is 0 Å². The molecular formula is C41H68O14. The van der Waals surface area contributed by atoms with Gasteiger partial charge in [0, 0.05) is 5.92 Å². The van der Waals surface area contributed by atoms with Gasteiger partial charge in [0.05, 0.1) is 48.8 Å². The van der Waals surface area contributed by atoms with Crippen LogP contribution in [0.2, 0.25) is 0 Å². The topological polar surface area (TPSA) is 228 Å². The van der Waals surface area contributed by atoms with E-state index in [2.05, 4.69) is 34.6 Å². The van der Waals surface area contributed by atoms with E-state index in [-0.39, 0.29) is 52.1 Å². The fourth-order valence-electron chi connectivity index (χ4n) is 14.9. The van der Waals surface area contributed by atoms with Crippen LogP contribution in [0, 0.1) is 44.8 Å². The van der Waals surface area contributed by atoms with Gasteiger partial charge in [-0.1, -0.05) is 27.7 Å². The van der Waals surface area contributed by atoms with Crippen molar-refractivity contribution < 1.29 is 69.6 Å². The van der Waals surface area contributed by atoms with Crippen molar-refractivity contribution >= 4 is 0 Å². The Morgan fingerprint density at radius 3 is 2.05 bits per heavy atom. The van der Waals surface area contributed by atoms with Crippen LogP contribution in [-0.2, 0) is 23.7 Å². The van der Waals surface area contributed by atoms with E-state index < -0.39 is 96.8 Å². The summed E-state index contributed by atoms with van der Waals surface area (Å²) in [5, 5.41) is 97.2. The summed E-state index contributed by atoms with van der Waals surface area (Å²) in [6.07, 6.45) is -7.48. The molecule has 14 heteroatoms. The molecule has 3 aliphatic heterocycles. The zero-order valence-corrected chi connectivity index (χ0v) is 33.6. The second-order valence-electron chi connectivity index (χ2n) is 21.1. The van der Waals surface area contributed by atoms with E-state index in [4.69, 9.17) is 23.7 Å². The van der Waals surface area contributed by atoms with Gasteiger partial charge in [0.2, 0.25) is 0 Å². The fourth-order valence-corrected chi connectivity index (χ4v) is 14.9.